The first kappa shape index (κ1) is 19.3. The van der Waals surface area contributed by atoms with Gasteiger partial charge in [-0.2, -0.15) is 9.97 Å². The smallest absolute Gasteiger partial charge is 0.355 e. The van der Waals surface area contributed by atoms with Crippen LogP contribution in [0.15, 0.2) is 76.1 Å². The van der Waals surface area contributed by atoms with Gasteiger partial charge in [0.1, 0.15) is 5.82 Å². The Morgan fingerprint density at radius 3 is 2.13 bits per heavy atom. The Labute approximate surface area is 180 Å². The molecule has 5 rings (SSSR count). The highest BCUT2D eigenvalue weighted by Gasteiger charge is 2.22. The van der Waals surface area contributed by atoms with Crippen LogP contribution in [0.4, 0.5) is 5.82 Å². The molecule has 2 aromatic carbocycles. The molecule has 0 radical (unpaired) electrons. The van der Waals surface area contributed by atoms with Crippen LogP contribution in [-0.4, -0.2) is 27.6 Å². The molecule has 0 amide bonds. The van der Waals surface area contributed by atoms with Gasteiger partial charge in [-0.1, -0.05) is 48.5 Å². The number of anilines is 1. The summed E-state index contributed by atoms with van der Waals surface area (Å²) in [5.74, 6) is 2.25. The van der Waals surface area contributed by atoms with Crippen molar-refractivity contribution in [2.24, 2.45) is 0 Å². The topological polar surface area (TPSA) is 64.2 Å². The third-order valence-corrected chi connectivity index (χ3v) is 5.63. The Morgan fingerprint density at radius 1 is 0.806 bits per heavy atom. The second kappa shape index (κ2) is 8.22. The molecule has 0 N–H and O–H groups in total. The highest BCUT2D eigenvalue weighted by atomic mass is 16.4. The molecule has 0 spiro atoms. The fraction of sp³-hybridized carbons (Fsp3) is 0.240. The zero-order valence-corrected chi connectivity index (χ0v) is 17.5. The molecule has 156 valence electrons. The predicted octanol–water partition coefficient (Wildman–Crippen LogP) is 4.85. The zero-order chi connectivity index (χ0) is 21.2. The highest BCUT2D eigenvalue weighted by Crippen LogP contribution is 2.32. The van der Waals surface area contributed by atoms with E-state index in [1.165, 1.54) is 11.0 Å². The quantitative estimate of drug-likeness (QED) is 0.479. The van der Waals surface area contributed by atoms with Gasteiger partial charge in [-0.05, 0) is 38.3 Å². The molecule has 0 atom stereocenters. The van der Waals surface area contributed by atoms with Gasteiger partial charge in [0.25, 0.3) is 0 Å². The van der Waals surface area contributed by atoms with Crippen molar-refractivity contribution >= 4 is 5.82 Å². The summed E-state index contributed by atoms with van der Waals surface area (Å²) in [6.07, 6.45) is 5.32. The van der Waals surface area contributed by atoms with Crippen LogP contribution >= 0.6 is 0 Å². The van der Waals surface area contributed by atoms with Crippen molar-refractivity contribution in [3.05, 3.63) is 82.9 Å². The van der Waals surface area contributed by atoms with Crippen molar-refractivity contribution < 1.29 is 4.42 Å². The highest BCUT2D eigenvalue weighted by molar-refractivity contribution is 5.69. The van der Waals surface area contributed by atoms with E-state index >= 15 is 0 Å². The Balaban J connectivity index is 1.65. The predicted molar refractivity (Wildman–Crippen MR) is 122 cm³/mol. The number of piperidine rings is 1. The number of rotatable bonds is 4. The van der Waals surface area contributed by atoms with Crippen molar-refractivity contribution in [2.75, 3.05) is 18.0 Å². The van der Waals surface area contributed by atoms with Gasteiger partial charge in [0.05, 0.1) is 0 Å². The van der Waals surface area contributed by atoms with Crippen LogP contribution in [-0.2, 0) is 0 Å². The number of aryl methyl sites for hydroxylation is 1. The summed E-state index contributed by atoms with van der Waals surface area (Å²) in [6.45, 7) is 3.87. The van der Waals surface area contributed by atoms with Crippen LogP contribution in [0.1, 0.15) is 24.8 Å². The number of aromatic nitrogens is 3. The lowest BCUT2D eigenvalue weighted by Gasteiger charge is -2.28. The lowest BCUT2D eigenvalue weighted by Crippen LogP contribution is -2.34. The van der Waals surface area contributed by atoms with E-state index in [1.807, 2.05) is 73.8 Å². The van der Waals surface area contributed by atoms with E-state index in [0.717, 1.165) is 48.4 Å². The van der Waals surface area contributed by atoms with E-state index in [0.29, 0.717) is 17.5 Å². The van der Waals surface area contributed by atoms with E-state index in [-0.39, 0.29) is 5.69 Å². The van der Waals surface area contributed by atoms with Crippen LogP contribution < -0.4 is 10.6 Å². The summed E-state index contributed by atoms with van der Waals surface area (Å²) < 4.78 is 7.67. The molecule has 6 heteroatoms. The fourth-order valence-corrected chi connectivity index (χ4v) is 4.07. The molecule has 4 aromatic rings. The van der Waals surface area contributed by atoms with Crippen LogP contribution in [0.3, 0.4) is 0 Å². The molecule has 2 aromatic heterocycles. The molecule has 0 bridgehead atoms. The summed E-state index contributed by atoms with van der Waals surface area (Å²) in [7, 11) is 0. The molecule has 1 aliphatic rings. The maximum atomic E-state index is 13.1. The van der Waals surface area contributed by atoms with Crippen LogP contribution in [0, 0.1) is 6.92 Å². The van der Waals surface area contributed by atoms with Gasteiger partial charge in [-0.3, -0.25) is 0 Å². The summed E-state index contributed by atoms with van der Waals surface area (Å²) in [4.78, 5) is 24.5. The molecule has 1 aliphatic heterocycles. The first-order valence-corrected chi connectivity index (χ1v) is 10.7. The number of hydrogen-bond donors (Lipinski definition) is 0. The van der Waals surface area contributed by atoms with Gasteiger partial charge in [-0.25, -0.2) is 9.36 Å². The van der Waals surface area contributed by atoms with E-state index in [2.05, 4.69) is 9.88 Å². The third kappa shape index (κ3) is 3.77. The van der Waals surface area contributed by atoms with E-state index in [4.69, 9.17) is 9.40 Å². The van der Waals surface area contributed by atoms with Crippen molar-refractivity contribution in [1.29, 1.82) is 0 Å². The van der Waals surface area contributed by atoms with Crippen LogP contribution in [0.5, 0.6) is 0 Å². The minimum absolute atomic E-state index is 0.351. The lowest BCUT2D eigenvalue weighted by molar-refractivity contribution is 0.570. The summed E-state index contributed by atoms with van der Waals surface area (Å²) in [5, 5.41) is 0. The van der Waals surface area contributed by atoms with Crippen LogP contribution in [0.25, 0.3) is 28.6 Å². The fourth-order valence-electron chi connectivity index (χ4n) is 4.07. The number of oxazole rings is 1. The average Bonchev–Trinajstić information content (AvgIpc) is 3.27. The van der Waals surface area contributed by atoms with E-state index < -0.39 is 0 Å². The number of hydrogen-bond acceptors (Lipinski definition) is 5. The van der Waals surface area contributed by atoms with Crippen LogP contribution in [0.2, 0.25) is 0 Å². The second-order valence-corrected chi connectivity index (χ2v) is 7.85. The van der Waals surface area contributed by atoms with Gasteiger partial charge in [-0.15, -0.1) is 0 Å². The SMILES string of the molecule is Cc1cn(-c2nc(-c3ccccc3)oc2-c2ccccc2)c(=O)nc1N1CCCCC1. The molecule has 1 saturated heterocycles. The maximum absolute atomic E-state index is 13.1. The third-order valence-electron chi connectivity index (χ3n) is 5.63. The van der Waals surface area contributed by atoms with Crippen molar-refractivity contribution in [2.45, 2.75) is 26.2 Å². The molecule has 6 nitrogen and oxygen atoms in total. The maximum Gasteiger partial charge on any atom is 0.355 e. The summed E-state index contributed by atoms with van der Waals surface area (Å²) in [5.41, 5.74) is 2.31. The Hall–Kier alpha value is -3.67. The lowest BCUT2D eigenvalue weighted by atomic mass is 10.1. The molecule has 3 heterocycles. The summed E-state index contributed by atoms with van der Waals surface area (Å²) >= 11 is 0. The first-order chi connectivity index (χ1) is 15.2. The van der Waals surface area contributed by atoms with Crippen molar-refractivity contribution in [3.63, 3.8) is 0 Å². The molecule has 0 aliphatic carbocycles. The second-order valence-electron chi connectivity index (χ2n) is 7.85. The first-order valence-electron chi connectivity index (χ1n) is 10.7. The van der Waals surface area contributed by atoms with Gasteiger partial charge in [0, 0.05) is 36.0 Å². The Morgan fingerprint density at radius 2 is 1.45 bits per heavy atom. The zero-order valence-electron chi connectivity index (χ0n) is 17.5. The number of nitrogens with zero attached hydrogens (tertiary/aromatic N) is 4. The van der Waals surface area contributed by atoms with Gasteiger partial charge >= 0.3 is 5.69 Å². The normalized spacial score (nSPS) is 14.0. The molecular formula is C25H24N4O2. The molecular weight excluding hydrogens is 388 g/mol. The Bertz CT molecular complexity index is 1240. The molecule has 31 heavy (non-hydrogen) atoms. The van der Waals surface area contributed by atoms with E-state index in [9.17, 15) is 4.79 Å². The van der Waals surface area contributed by atoms with Crippen molar-refractivity contribution in [3.8, 4) is 28.6 Å². The number of benzene rings is 2. The molecule has 0 unspecified atom stereocenters. The largest absolute Gasteiger partial charge is 0.434 e. The van der Waals surface area contributed by atoms with E-state index in [1.54, 1.807) is 0 Å². The summed E-state index contributed by atoms with van der Waals surface area (Å²) in [6, 6.07) is 19.4. The van der Waals surface area contributed by atoms with Crippen molar-refractivity contribution in [1.82, 2.24) is 14.5 Å². The minimum Gasteiger partial charge on any atom is -0.434 e. The van der Waals surface area contributed by atoms with Gasteiger partial charge in [0.15, 0.2) is 11.6 Å². The average molecular weight is 412 g/mol. The molecule has 1 fully saturated rings. The monoisotopic (exact) mass is 412 g/mol. The molecule has 0 saturated carbocycles. The van der Waals surface area contributed by atoms with Gasteiger partial charge in [0.2, 0.25) is 5.89 Å². The standard InChI is InChI=1S/C25H24N4O2/c1-18-17-29(25(30)27-22(18)28-15-9-4-10-16-28)23-21(19-11-5-2-6-12-19)31-24(26-23)20-13-7-3-8-14-20/h2-3,5-8,11-14,17H,4,9-10,15-16H2,1H3. The van der Waals surface area contributed by atoms with Gasteiger partial charge < -0.3 is 9.32 Å². The minimum atomic E-state index is -0.351. The Kier molecular flexibility index (Phi) is 5.12.